The molecule has 0 spiro atoms. The van der Waals surface area contributed by atoms with E-state index in [-0.39, 0.29) is 0 Å². The molecule has 0 aliphatic carbocycles. The fraction of sp³-hybridized carbons (Fsp3) is 0.333. The van der Waals surface area contributed by atoms with E-state index in [0.717, 1.165) is 23.0 Å². The molecule has 0 saturated heterocycles. The topological polar surface area (TPSA) is 56.3 Å². The van der Waals surface area contributed by atoms with Crippen molar-refractivity contribution < 1.29 is 9.47 Å². The van der Waals surface area contributed by atoms with Crippen LogP contribution in [-0.2, 0) is 6.61 Å². The number of ether oxygens (including phenoxy) is 2. The summed E-state index contributed by atoms with van der Waals surface area (Å²) in [5.74, 6) is 3.06. The number of nitrogens with one attached hydrogen (secondary N) is 1. The number of aryl methyl sites for hydroxylation is 1. The molecule has 0 atom stereocenters. The fourth-order valence-corrected chi connectivity index (χ4v) is 1.77. The van der Waals surface area contributed by atoms with Gasteiger partial charge < -0.3 is 14.8 Å². The second-order valence-corrected chi connectivity index (χ2v) is 4.25. The zero-order chi connectivity index (χ0) is 14.4. The van der Waals surface area contributed by atoms with Crippen molar-refractivity contribution in [1.29, 1.82) is 0 Å². The lowest BCUT2D eigenvalue weighted by molar-refractivity contribution is 0.294. The van der Waals surface area contributed by atoms with Gasteiger partial charge >= 0.3 is 0 Å². The maximum absolute atomic E-state index is 5.67. The summed E-state index contributed by atoms with van der Waals surface area (Å²) in [5, 5.41) is 3.00. The van der Waals surface area contributed by atoms with Crippen molar-refractivity contribution in [3.8, 4) is 11.5 Å². The number of anilines is 1. The van der Waals surface area contributed by atoms with E-state index in [9.17, 15) is 0 Å². The molecule has 1 N–H and O–H groups in total. The second kappa shape index (κ2) is 6.75. The quantitative estimate of drug-likeness (QED) is 0.877. The summed E-state index contributed by atoms with van der Waals surface area (Å²) in [5.41, 5.74) is 0.912. The monoisotopic (exact) mass is 273 g/mol. The van der Waals surface area contributed by atoms with Crippen molar-refractivity contribution in [2.75, 3.05) is 19.0 Å². The number of nitrogens with zero attached hydrogens (tertiary/aromatic N) is 2. The molecule has 5 heteroatoms. The van der Waals surface area contributed by atoms with Gasteiger partial charge in [-0.3, -0.25) is 0 Å². The van der Waals surface area contributed by atoms with E-state index < -0.39 is 0 Å². The van der Waals surface area contributed by atoms with Crippen molar-refractivity contribution in [1.82, 2.24) is 9.97 Å². The number of hydrogen-bond donors (Lipinski definition) is 1. The van der Waals surface area contributed by atoms with Crippen LogP contribution in [0.4, 0.5) is 5.82 Å². The molecule has 0 aliphatic heterocycles. The van der Waals surface area contributed by atoms with Gasteiger partial charge in [-0.25, -0.2) is 9.97 Å². The van der Waals surface area contributed by atoms with Crippen LogP contribution < -0.4 is 14.8 Å². The Hall–Kier alpha value is -2.30. The van der Waals surface area contributed by atoms with Crippen LogP contribution >= 0.6 is 0 Å². The third kappa shape index (κ3) is 3.85. The van der Waals surface area contributed by atoms with Crippen molar-refractivity contribution in [2.24, 2.45) is 0 Å². The maximum atomic E-state index is 5.67. The Kier molecular flexibility index (Phi) is 4.76. The molecular formula is C15H19N3O2. The molecule has 0 bridgehead atoms. The second-order valence-electron chi connectivity index (χ2n) is 4.25. The summed E-state index contributed by atoms with van der Waals surface area (Å²) in [6.07, 6.45) is 0. The summed E-state index contributed by atoms with van der Waals surface area (Å²) in [4.78, 5) is 8.69. The molecule has 1 aromatic heterocycles. The molecule has 2 rings (SSSR count). The van der Waals surface area contributed by atoms with Crippen molar-refractivity contribution in [2.45, 2.75) is 20.5 Å². The molecule has 0 fully saturated rings. The molecule has 1 heterocycles. The van der Waals surface area contributed by atoms with Crippen LogP contribution in [0.1, 0.15) is 18.4 Å². The van der Waals surface area contributed by atoms with Crippen molar-refractivity contribution >= 4 is 5.82 Å². The van der Waals surface area contributed by atoms with E-state index in [1.165, 1.54) is 0 Å². The standard InChI is InChI=1S/C15H19N3O2/c1-4-19-12-5-7-13(8-6-12)20-10-15-17-11(2)9-14(16-3)18-15/h5-9H,4,10H2,1-3H3,(H,16,17,18). The molecule has 20 heavy (non-hydrogen) atoms. The van der Waals surface area contributed by atoms with Crippen LogP contribution in [0.25, 0.3) is 0 Å². The zero-order valence-corrected chi connectivity index (χ0v) is 12.0. The van der Waals surface area contributed by atoms with Crippen LogP contribution in [-0.4, -0.2) is 23.6 Å². The predicted molar refractivity (Wildman–Crippen MR) is 78.3 cm³/mol. The van der Waals surface area contributed by atoms with Gasteiger partial charge in [-0.1, -0.05) is 0 Å². The van der Waals surface area contributed by atoms with E-state index in [0.29, 0.717) is 19.0 Å². The van der Waals surface area contributed by atoms with Gasteiger partial charge in [0.1, 0.15) is 23.9 Å². The number of benzene rings is 1. The molecule has 106 valence electrons. The minimum absolute atomic E-state index is 0.338. The van der Waals surface area contributed by atoms with E-state index in [1.54, 1.807) is 0 Å². The minimum atomic E-state index is 0.338. The first-order valence-corrected chi connectivity index (χ1v) is 6.59. The normalized spacial score (nSPS) is 10.2. The largest absolute Gasteiger partial charge is 0.494 e. The van der Waals surface area contributed by atoms with E-state index in [4.69, 9.17) is 9.47 Å². The highest BCUT2D eigenvalue weighted by Gasteiger charge is 2.03. The molecule has 0 aliphatic rings. The Labute approximate surface area is 119 Å². The molecule has 2 aromatic rings. The van der Waals surface area contributed by atoms with Crippen LogP contribution in [0.5, 0.6) is 11.5 Å². The van der Waals surface area contributed by atoms with Crippen LogP contribution in [0, 0.1) is 6.92 Å². The molecule has 0 unspecified atom stereocenters. The van der Waals surface area contributed by atoms with Gasteiger partial charge in [0.25, 0.3) is 0 Å². The highest BCUT2D eigenvalue weighted by molar-refractivity contribution is 5.35. The Balaban J connectivity index is 1.99. The molecule has 5 nitrogen and oxygen atoms in total. The number of aromatic nitrogens is 2. The lowest BCUT2D eigenvalue weighted by Gasteiger charge is -2.08. The van der Waals surface area contributed by atoms with E-state index >= 15 is 0 Å². The van der Waals surface area contributed by atoms with Gasteiger partial charge in [-0.05, 0) is 38.1 Å². The first-order valence-electron chi connectivity index (χ1n) is 6.59. The summed E-state index contributed by atoms with van der Waals surface area (Å²) in [6.45, 7) is 4.89. The third-order valence-electron chi connectivity index (χ3n) is 2.66. The molecule has 1 aromatic carbocycles. The molecule has 0 radical (unpaired) electrons. The Morgan fingerprint density at radius 3 is 2.30 bits per heavy atom. The SMILES string of the molecule is CCOc1ccc(OCc2nc(C)cc(NC)n2)cc1. The van der Waals surface area contributed by atoms with Gasteiger partial charge in [0.05, 0.1) is 6.61 Å². The van der Waals surface area contributed by atoms with Crippen molar-refractivity contribution in [3.05, 3.63) is 41.9 Å². The van der Waals surface area contributed by atoms with Gasteiger partial charge in [-0.15, -0.1) is 0 Å². The highest BCUT2D eigenvalue weighted by atomic mass is 16.5. The third-order valence-corrected chi connectivity index (χ3v) is 2.66. The Bertz CT molecular complexity index is 556. The van der Waals surface area contributed by atoms with E-state index in [1.807, 2.05) is 51.2 Å². The number of hydrogen-bond acceptors (Lipinski definition) is 5. The van der Waals surface area contributed by atoms with E-state index in [2.05, 4.69) is 15.3 Å². The molecule has 0 amide bonds. The molecular weight excluding hydrogens is 254 g/mol. The van der Waals surface area contributed by atoms with Gasteiger partial charge in [0.2, 0.25) is 0 Å². The summed E-state index contributed by atoms with van der Waals surface area (Å²) in [7, 11) is 1.83. The Morgan fingerprint density at radius 2 is 1.70 bits per heavy atom. The van der Waals surface area contributed by atoms with Gasteiger partial charge in [-0.2, -0.15) is 0 Å². The minimum Gasteiger partial charge on any atom is -0.494 e. The predicted octanol–water partition coefficient (Wildman–Crippen LogP) is 2.80. The lowest BCUT2D eigenvalue weighted by Crippen LogP contribution is -2.05. The number of rotatable bonds is 6. The van der Waals surface area contributed by atoms with Crippen LogP contribution in [0.3, 0.4) is 0 Å². The summed E-state index contributed by atoms with van der Waals surface area (Å²) < 4.78 is 11.1. The average Bonchev–Trinajstić information content (AvgIpc) is 2.46. The smallest absolute Gasteiger partial charge is 0.168 e. The average molecular weight is 273 g/mol. The molecule has 0 saturated carbocycles. The fourth-order valence-electron chi connectivity index (χ4n) is 1.77. The summed E-state index contributed by atoms with van der Waals surface area (Å²) >= 11 is 0. The van der Waals surface area contributed by atoms with Crippen molar-refractivity contribution in [3.63, 3.8) is 0 Å². The Morgan fingerprint density at radius 1 is 1.05 bits per heavy atom. The first-order chi connectivity index (χ1) is 9.71. The van der Waals surface area contributed by atoms with Crippen LogP contribution in [0.15, 0.2) is 30.3 Å². The summed E-state index contributed by atoms with van der Waals surface area (Å²) in [6, 6.07) is 9.41. The highest BCUT2D eigenvalue weighted by Crippen LogP contribution is 2.18. The first kappa shape index (κ1) is 14.1. The van der Waals surface area contributed by atoms with Gasteiger partial charge in [0.15, 0.2) is 5.82 Å². The maximum Gasteiger partial charge on any atom is 0.168 e. The van der Waals surface area contributed by atoms with Gasteiger partial charge in [0, 0.05) is 18.8 Å². The van der Waals surface area contributed by atoms with Crippen LogP contribution in [0.2, 0.25) is 0 Å². The zero-order valence-electron chi connectivity index (χ0n) is 12.0. The lowest BCUT2D eigenvalue weighted by atomic mass is 10.3.